The second kappa shape index (κ2) is 4.21. The number of nitrogens with zero attached hydrogens (tertiary/aromatic N) is 1. The van der Waals surface area contributed by atoms with E-state index in [4.69, 9.17) is 5.11 Å². The molecule has 0 aliphatic heterocycles. The fourth-order valence-electron chi connectivity index (χ4n) is 1.21. The highest BCUT2D eigenvalue weighted by atomic mass is 19.1. The lowest BCUT2D eigenvalue weighted by Crippen LogP contribution is -2.12. The van der Waals surface area contributed by atoms with Gasteiger partial charge < -0.3 is 5.11 Å². The highest BCUT2D eigenvalue weighted by Crippen LogP contribution is 2.26. The molecule has 1 atom stereocenters. The van der Waals surface area contributed by atoms with Crippen LogP contribution in [-0.4, -0.2) is 16.0 Å². The molecule has 0 heterocycles. The lowest BCUT2D eigenvalue weighted by Gasteiger charge is -2.08. The molecule has 0 aliphatic carbocycles. The van der Waals surface area contributed by atoms with E-state index >= 15 is 0 Å². The average molecular weight is 231 g/mol. The van der Waals surface area contributed by atoms with Crippen LogP contribution in [0, 0.1) is 21.7 Å². The van der Waals surface area contributed by atoms with Gasteiger partial charge >= 0.3 is 5.97 Å². The lowest BCUT2D eigenvalue weighted by atomic mass is 10.00. The van der Waals surface area contributed by atoms with Crippen LogP contribution in [0.2, 0.25) is 0 Å². The van der Waals surface area contributed by atoms with Crippen molar-refractivity contribution in [2.75, 3.05) is 0 Å². The first-order chi connectivity index (χ1) is 7.34. The van der Waals surface area contributed by atoms with E-state index in [1.165, 1.54) is 0 Å². The summed E-state index contributed by atoms with van der Waals surface area (Å²) in [6.07, 6.45) is 0. The Hall–Kier alpha value is -2.05. The SMILES string of the molecule is C[C@H](C(=O)O)c1c(F)cc([N+](=O)[O-])cc1F. The number of hydrogen-bond acceptors (Lipinski definition) is 3. The van der Waals surface area contributed by atoms with Gasteiger partial charge in [-0.05, 0) is 6.92 Å². The predicted molar refractivity (Wildman–Crippen MR) is 49.1 cm³/mol. The van der Waals surface area contributed by atoms with Gasteiger partial charge in [-0.1, -0.05) is 0 Å². The zero-order chi connectivity index (χ0) is 12.5. The largest absolute Gasteiger partial charge is 0.481 e. The molecular weight excluding hydrogens is 224 g/mol. The number of rotatable bonds is 3. The molecule has 0 aromatic heterocycles. The first kappa shape index (κ1) is 12.0. The molecule has 0 amide bonds. The summed E-state index contributed by atoms with van der Waals surface area (Å²) in [5.74, 6) is -5.28. The monoisotopic (exact) mass is 231 g/mol. The van der Waals surface area contributed by atoms with Crippen molar-refractivity contribution in [3.8, 4) is 0 Å². The average Bonchev–Trinajstić information content (AvgIpc) is 2.15. The maximum Gasteiger partial charge on any atom is 0.310 e. The third-order valence-corrected chi connectivity index (χ3v) is 2.08. The number of carbonyl (C=O) groups is 1. The number of halogens is 2. The molecule has 1 aromatic carbocycles. The Kier molecular flexibility index (Phi) is 3.17. The Bertz CT molecular complexity index is 438. The van der Waals surface area contributed by atoms with Gasteiger partial charge in [-0.25, -0.2) is 8.78 Å². The van der Waals surface area contributed by atoms with E-state index in [0.717, 1.165) is 6.92 Å². The normalized spacial score (nSPS) is 12.2. The van der Waals surface area contributed by atoms with E-state index in [0.29, 0.717) is 12.1 Å². The van der Waals surface area contributed by atoms with Crippen LogP contribution >= 0.6 is 0 Å². The van der Waals surface area contributed by atoms with Crippen molar-refractivity contribution in [2.45, 2.75) is 12.8 Å². The zero-order valence-corrected chi connectivity index (χ0v) is 8.11. The fourth-order valence-corrected chi connectivity index (χ4v) is 1.21. The van der Waals surface area contributed by atoms with Gasteiger partial charge in [0, 0.05) is 5.56 Å². The molecule has 0 fully saturated rings. The summed E-state index contributed by atoms with van der Waals surface area (Å²) in [4.78, 5) is 19.9. The molecule has 0 saturated heterocycles. The summed E-state index contributed by atoms with van der Waals surface area (Å²) in [5, 5.41) is 18.9. The standard InChI is InChI=1S/C9H7F2NO4/c1-4(9(13)14)8-6(10)2-5(12(15)16)3-7(8)11/h2-4H,1H3,(H,13,14)/t4-/m0/s1. The first-order valence-electron chi connectivity index (χ1n) is 4.20. The van der Waals surface area contributed by atoms with Crippen molar-refractivity contribution in [2.24, 2.45) is 0 Å². The van der Waals surface area contributed by atoms with Crippen LogP contribution in [0.25, 0.3) is 0 Å². The number of aliphatic carboxylic acids is 1. The minimum Gasteiger partial charge on any atom is -0.481 e. The summed E-state index contributed by atoms with van der Waals surface area (Å²) in [6, 6.07) is 0.996. The Morgan fingerprint density at radius 2 is 1.88 bits per heavy atom. The van der Waals surface area contributed by atoms with Gasteiger partial charge in [-0.15, -0.1) is 0 Å². The topological polar surface area (TPSA) is 80.4 Å². The van der Waals surface area contributed by atoms with E-state index in [1.54, 1.807) is 0 Å². The molecule has 1 aromatic rings. The van der Waals surface area contributed by atoms with Gasteiger partial charge in [0.25, 0.3) is 5.69 Å². The molecular formula is C9H7F2NO4. The second-order valence-electron chi connectivity index (χ2n) is 3.14. The molecule has 0 unspecified atom stereocenters. The highest BCUT2D eigenvalue weighted by Gasteiger charge is 2.25. The van der Waals surface area contributed by atoms with Crippen LogP contribution in [0.15, 0.2) is 12.1 Å². The zero-order valence-electron chi connectivity index (χ0n) is 8.11. The quantitative estimate of drug-likeness (QED) is 0.637. The maximum absolute atomic E-state index is 13.3. The Labute approximate surface area is 88.5 Å². The van der Waals surface area contributed by atoms with Crippen molar-refractivity contribution in [3.05, 3.63) is 39.4 Å². The van der Waals surface area contributed by atoms with Crippen molar-refractivity contribution in [1.82, 2.24) is 0 Å². The number of carboxylic acid groups (broad SMARTS) is 1. The van der Waals surface area contributed by atoms with E-state index in [1.807, 2.05) is 0 Å². The van der Waals surface area contributed by atoms with E-state index in [9.17, 15) is 23.7 Å². The first-order valence-corrected chi connectivity index (χ1v) is 4.20. The minimum atomic E-state index is -1.41. The maximum atomic E-state index is 13.3. The van der Waals surface area contributed by atoms with Crippen molar-refractivity contribution in [1.29, 1.82) is 0 Å². The number of hydrogen-bond donors (Lipinski definition) is 1. The van der Waals surface area contributed by atoms with Gasteiger partial charge in [0.2, 0.25) is 0 Å². The minimum absolute atomic E-state index is 0.498. The molecule has 0 aliphatic rings. The number of carboxylic acids is 1. The molecule has 5 nitrogen and oxygen atoms in total. The van der Waals surface area contributed by atoms with Crippen molar-refractivity contribution in [3.63, 3.8) is 0 Å². The van der Waals surface area contributed by atoms with Crippen LogP contribution in [-0.2, 0) is 4.79 Å². The smallest absolute Gasteiger partial charge is 0.310 e. The van der Waals surface area contributed by atoms with Crippen LogP contribution in [0.1, 0.15) is 18.4 Å². The molecule has 0 bridgehead atoms. The van der Waals surface area contributed by atoms with Crippen LogP contribution in [0.3, 0.4) is 0 Å². The summed E-state index contributed by atoms with van der Waals surface area (Å²) in [7, 11) is 0. The highest BCUT2D eigenvalue weighted by molar-refractivity contribution is 5.75. The molecule has 0 saturated carbocycles. The number of non-ortho nitro benzene ring substituents is 1. The number of nitro groups is 1. The summed E-state index contributed by atoms with van der Waals surface area (Å²) >= 11 is 0. The second-order valence-corrected chi connectivity index (χ2v) is 3.14. The Morgan fingerprint density at radius 1 is 1.44 bits per heavy atom. The number of benzene rings is 1. The van der Waals surface area contributed by atoms with Crippen molar-refractivity contribution >= 4 is 11.7 Å². The van der Waals surface area contributed by atoms with Gasteiger partial charge in [0.1, 0.15) is 11.6 Å². The van der Waals surface area contributed by atoms with E-state index in [-0.39, 0.29) is 0 Å². The van der Waals surface area contributed by atoms with Crippen LogP contribution in [0.4, 0.5) is 14.5 Å². The number of nitro benzene ring substituents is 1. The molecule has 1 N–H and O–H groups in total. The lowest BCUT2D eigenvalue weighted by molar-refractivity contribution is -0.385. The third-order valence-electron chi connectivity index (χ3n) is 2.08. The Balaban J connectivity index is 3.33. The van der Waals surface area contributed by atoms with Crippen LogP contribution in [0.5, 0.6) is 0 Å². The van der Waals surface area contributed by atoms with E-state index < -0.39 is 39.7 Å². The van der Waals surface area contributed by atoms with Crippen molar-refractivity contribution < 1.29 is 23.6 Å². The molecule has 86 valence electrons. The summed E-state index contributed by atoms with van der Waals surface area (Å²) in [5.41, 5.74) is -1.44. The van der Waals surface area contributed by atoms with Gasteiger partial charge in [0.05, 0.1) is 23.0 Å². The molecule has 16 heavy (non-hydrogen) atoms. The third kappa shape index (κ3) is 2.13. The van der Waals surface area contributed by atoms with Gasteiger partial charge in [-0.2, -0.15) is 0 Å². The molecule has 7 heteroatoms. The van der Waals surface area contributed by atoms with Gasteiger partial charge in [0.15, 0.2) is 0 Å². The predicted octanol–water partition coefficient (Wildman–Crippen LogP) is 2.06. The summed E-state index contributed by atoms with van der Waals surface area (Å²) < 4.78 is 26.5. The van der Waals surface area contributed by atoms with Gasteiger partial charge in [-0.3, -0.25) is 14.9 Å². The fraction of sp³-hybridized carbons (Fsp3) is 0.222. The van der Waals surface area contributed by atoms with E-state index in [2.05, 4.69) is 0 Å². The molecule has 0 radical (unpaired) electrons. The summed E-state index contributed by atoms with van der Waals surface area (Å²) in [6.45, 7) is 1.09. The molecule has 0 spiro atoms. The Morgan fingerprint density at radius 3 is 2.19 bits per heavy atom. The van der Waals surface area contributed by atoms with Crippen LogP contribution < -0.4 is 0 Å². The molecule has 1 rings (SSSR count).